The van der Waals surface area contributed by atoms with Crippen LogP contribution in [0.4, 0.5) is 51.7 Å². The maximum absolute atomic E-state index is 12.6. The summed E-state index contributed by atoms with van der Waals surface area (Å²) < 4.78 is 140. The van der Waals surface area contributed by atoms with Crippen molar-refractivity contribution in [2.45, 2.75) is 19.6 Å². The van der Waals surface area contributed by atoms with E-state index < -0.39 is 105 Å². The summed E-state index contributed by atoms with van der Waals surface area (Å²) in [5.41, 5.74) is 1.51. The van der Waals surface area contributed by atoms with E-state index in [9.17, 15) is 57.0 Å². The van der Waals surface area contributed by atoms with Gasteiger partial charge in [0, 0.05) is 11.4 Å². The number of phenols is 1. The Labute approximate surface area is 366 Å². The van der Waals surface area contributed by atoms with Crippen LogP contribution in [0, 0.1) is 0 Å². The predicted molar refractivity (Wildman–Crippen MR) is 217 cm³/mol. The summed E-state index contributed by atoms with van der Waals surface area (Å²) in [6.45, 7) is 0. The highest BCUT2D eigenvalue weighted by molar-refractivity contribution is 7.86. The summed E-state index contributed by atoms with van der Waals surface area (Å²) in [6.07, 6.45) is 0. The SMILES string of the molecule is Nc1c(/N=N/c2cc(Nc3nc(Cl)nc(Cl)n3)ccc2S(=O)(=O)O)c(S(=O)(=O)O)cc2cc(S(=O)(=O)O)c(/N=N/c3cc(Nc4nc(Cl)nc(Cl)n4)ccc3S(=O)(=O)O)c(O)c12. The molecule has 0 saturated heterocycles. The molecular weight excluding hydrogens is 996 g/mol. The molecule has 0 radical (unpaired) electrons. The largest absolute Gasteiger partial charge is 0.505 e. The van der Waals surface area contributed by atoms with Gasteiger partial charge in [-0.05, 0) is 100 Å². The molecule has 9 N–H and O–H groups in total. The first-order valence-corrected chi connectivity index (χ1v) is 22.8. The van der Waals surface area contributed by atoms with E-state index >= 15 is 0 Å². The zero-order valence-corrected chi connectivity index (χ0v) is 35.6. The summed E-state index contributed by atoms with van der Waals surface area (Å²) >= 11 is 23.1. The molecule has 0 aliphatic carbocycles. The van der Waals surface area contributed by atoms with Crippen molar-refractivity contribution in [3.05, 3.63) is 69.7 Å². The molecule has 0 saturated carbocycles. The molecule has 0 unspecified atom stereocenters. The molecular formula is C28H17Cl4N13O13S4. The summed E-state index contributed by atoms with van der Waals surface area (Å²) in [5, 5.41) is 28.6. The molecule has 62 heavy (non-hydrogen) atoms. The number of aromatic hydroxyl groups is 1. The van der Waals surface area contributed by atoms with E-state index in [-0.39, 0.29) is 44.4 Å². The number of hydrogen-bond donors (Lipinski definition) is 8. The van der Waals surface area contributed by atoms with Crippen LogP contribution in [0.1, 0.15) is 0 Å². The molecule has 0 bridgehead atoms. The number of nitrogens with one attached hydrogen (secondary N) is 2. The number of nitrogens with two attached hydrogens (primary N) is 1. The van der Waals surface area contributed by atoms with Crippen molar-refractivity contribution in [3.63, 3.8) is 0 Å². The van der Waals surface area contributed by atoms with Crippen molar-refractivity contribution in [1.29, 1.82) is 0 Å². The third-order valence-corrected chi connectivity index (χ3v) is 11.7. The lowest BCUT2D eigenvalue weighted by atomic mass is 10.1. The van der Waals surface area contributed by atoms with Gasteiger partial charge >= 0.3 is 0 Å². The number of anilines is 5. The number of halogens is 4. The second-order valence-corrected chi connectivity index (χ2v) is 18.5. The highest BCUT2D eigenvalue weighted by Gasteiger charge is 2.29. The lowest BCUT2D eigenvalue weighted by Gasteiger charge is -2.14. The minimum atomic E-state index is -5.46. The number of fused-ring (bicyclic) bond motifs is 1. The van der Waals surface area contributed by atoms with E-state index in [1.807, 2.05) is 0 Å². The van der Waals surface area contributed by atoms with E-state index in [2.05, 4.69) is 61.0 Å². The smallest absolute Gasteiger partial charge is 0.296 e. The molecule has 0 fully saturated rings. The van der Waals surface area contributed by atoms with Gasteiger partial charge in [0.1, 0.15) is 42.3 Å². The topological polar surface area (TPSA) is 415 Å². The zero-order chi connectivity index (χ0) is 45.7. The van der Waals surface area contributed by atoms with Crippen LogP contribution in [-0.4, -0.2) is 86.9 Å². The Balaban J connectivity index is 1.54. The molecule has 0 amide bonds. The number of hydrogen-bond acceptors (Lipinski definition) is 22. The van der Waals surface area contributed by atoms with Gasteiger partial charge in [-0.2, -0.15) is 63.6 Å². The minimum absolute atomic E-state index is 0.0606. The summed E-state index contributed by atoms with van der Waals surface area (Å²) in [5.74, 6) is -1.82. The summed E-state index contributed by atoms with van der Waals surface area (Å²) in [4.78, 5) is 17.9. The number of benzene rings is 4. The Morgan fingerprint density at radius 3 is 1.23 bits per heavy atom. The van der Waals surface area contributed by atoms with Crippen molar-refractivity contribution in [2.24, 2.45) is 20.5 Å². The molecule has 34 heteroatoms. The number of nitrogens with zero attached hydrogens (tertiary/aromatic N) is 10. The van der Waals surface area contributed by atoms with Crippen molar-refractivity contribution >= 4 is 149 Å². The van der Waals surface area contributed by atoms with Crippen LogP contribution in [0.5, 0.6) is 5.75 Å². The molecule has 0 aliphatic heterocycles. The molecule has 6 aromatic rings. The first kappa shape index (κ1) is 45.9. The molecule has 0 spiro atoms. The fourth-order valence-corrected chi connectivity index (χ4v) is 8.38. The molecule has 0 atom stereocenters. The molecule has 6 rings (SSSR count). The van der Waals surface area contributed by atoms with Gasteiger partial charge in [0.25, 0.3) is 40.5 Å². The molecule has 2 aromatic heterocycles. The predicted octanol–water partition coefficient (Wildman–Crippen LogP) is 6.42. The Morgan fingerprint density at radius 1 is 0.500 bits per heavy atom. The minimum Gasteiger partial charge on any atom is -0.505 e. The Bertz CT molecular complexity index is 3150. The molecule has 2 heterocycles. The lowest BCUT2D eigenvalue weighted by molar-refractivity contribution is 0.472. The number of rotatable bonds is 12. The highest BCUT2D eigenvalue weighted by atomic mass is 35.5. The average molecular weight is 1010 g/mol. The molecule has 0 aliphatic rings. The van der Waals surface area contributed by atoms with Gasteiger partial charge in [-0.3, -0.25) is 18.2 Å². The van der Waals surface area contributed by atoms with Gasteiger partial charge < -0.3 is 21.5 Å². The van der Waals surface area contributed by atoms with E-state index in [0.717, 1.165) is 36.4 Å². The number of phenolic OH excluding ortho intramolecular Hbond substituents is 1. The van der Waals surface area contributed by atoms with E-state index in [1.165, 1.54) is 0 Å². The zero-order valence-electron chi connectivity index (χ0n) is 29.3. The van der Waals surface area contributed by atoms with Crippen LogP contribution in [0.2, 0.25) is 21.1 Å². The fraction of sp³-hybridized carbons (Fsp3) is 0. The van der Waals surface area contributed by atoms with Gasteiger partial charge in [0.05, 0.1) is 11.1 Å². The maximum atomic E-state index is 12.6. The lowest BCUT2D eigenvalue weighted by Crippen LogP contribution is -2.04. The Morgan fingerprint density at radius 2 is 0.855 bits per heavy atom. The third kappa shape index (κ3) is 10.3. The quantitative estimate of drug-likeness (QED) is 0.0372. The third-order valence-electron chi connectivity index (χ3n) is 7.53. The van der Waals surface area contributed by atoms with Crippen LogP contribution in [-0.2, 0) is 40.5 Å². The van der Waals surface area contributed by atoms with E-state index in [1.54, 1.807) is 0 Å². The number of nitrogen functional groups attached to an aromatic ring is 1. The standard InChI is InChI=1S/C28H17Cl4N13O13S4/c29-23-36-24(30)39-27(38-23)34-10-1-3-14(59(47,48)49)12(7-10)42-44-20-16(61(53,54)55)5-9-6-17(62(56,57)58)21(22(46)18(9)19(20)33)45-43-13-8-11(2-4-15(13)60(50,51)52)35-28-40-25(31)37-26(32)41-28/h1-8,46H,33H2,(H,47,48,49)(H,50,51,52)(H,53,54,55)(H,56,57,58)(H,34,36,38,39)(H,35,37,40,41)/b44-42+,45-43+. The van der Waals surface area contributed by atoms with Crippen molar-refractivity contribution < 1.29 is 57.0 Å². The normalized spacial score (nSPS) is 12.7. The summed E-state index contributed by atoms with van der Waals surface area (Å²) in [7, 11) is -21.1. The Kier molecular flexibility index (Phi) is 12.5. The van der Waals surface area contributed by atoms with Crippen molar-refractivity contribution in [3.8, 4) is 5.75 Å². The van der Waals surface area contributed by atoms with Crippen molar-refractivity contribution in [1.82, 2.24) is 29.9 Å². The first-order valence-electron chi connectivity index (χ1n) is 15.5. The monoisotopic (exact) mass is 1010 g/mol. The summed E-state index contributed by atoms with van der Waals surface area (Å²) in [6, 6.07) is 6.69. The number of azo groups is 2. The van der Waals surface area contributed by atoms with Gasteiger partial charge in [-0.1, -0.05) is 0 Å². The van der Waals surface area contributed by atoms with Crippen molar-refractivity contribution in [2.75, 3.05) is 16.4 Å². The van der Waals surface area contributed by atoms with E-state index in [0.29, 0.717) is 12.1 Å². The molecule has 324 valence electrons. The second-order valence-electron chi connectivity index (χ2n) is 11.6. The van der Waals surface area contributed by atoms with Gasteiger partial charge in [-0.25, -0.2) is 0 Å². The maximum Gasteiger partial charge on any atom is 0.296 e. The first-order chi connectivity index (χ1) is 28.7. The number of aromatic nitrogens is 6. The highest BCUT2D eigenvalue weighted by Crippen LogP contribution is 2.49. The van der Waals surface area contributed by atoms with E-state index in [4.69, 9.17) is 52.1 Å². The van der Waals surface area contributed by atoms with Gasteiger partial charge in [0.2, 0.25) is 33.0 Å². The fourth-order valence-electron chi connectivity index (χ4n) is 5.12. The molecule has 4 aromatic carbocycles. The van der Waals surface area contributed by atoms with Crippen LogP contribution in [0.25, 0.3) is 10.8 Å². The van der Waals surface area contributed by atoms with Crippen LogP contribution in [0.3, 0.4) is 0 Å². The average Bonchev–Trinajstić information content (AvgIpc) is 3.11. The Hall–Kier alpha value is -5.64. The van der Waals surface area contributed by atoms with Crippen LogP contribution in [0.15, 0.2) is 88.6 Å². The van der Waals surface area contributed by atoms with Crippen LogP contribution < -0.4 is 16.4 Å². The molecule has 26 nitrogen and oxygen atoms in total. The van der Waals surface area contributed by atoms with Gasteiger partial charge in [0.15, 0.2) is 5.75 Å². The van der Waals surface area contributed by atoms with Gasteiger partial charge in [-0.15, -0.1) is 20.5 Å². The van der Waals surface area contributed by atoms with Crippen LogP contribution >= 0.6 is 46.4 Å². The second kappa shape index (κ2) is 16.9.